The van der Waals surface area contributed by atoms with Gasteiger partial charge in [0.2, 0.25) is 0 Å². The molecule has 0 aliphatic carbocycles. The highest BCUT2D eigenvalue weighted by Gasteiger charge is 2.57. The predicted octanol–water partition coefficient (Wildman–Crippen LogP) is 5.01. The maximum absolute atomic E-state index is 14.6. The number of benzene rings is 3. The van der Waals surface area contributed by atoms with Gasteiger partial charge in [0.05, 0.1) is 19.4 Å². The number of piperidine rings is 1. The van der Waals surface area contributed by atoms with E-state index in [1.54, 1.807) is 35.6 Å². The number of nitrogens with zero attached hydrogens (tertiary/aromatic N) is 5. The number of imidazole rings is 1. The number of carbonyl (C=O) groups excluding carboxylic acids is 2. The van der Waals surface area contributed by atoms with Crippen LogP contribution in [-0.4, -0.2) is 54.8 Å². The van der Waals surface area contributed by atoms with Crippen LogP contribution in [0.4, 0.5) is 9.18 Å². The van der Waals surface area contributed by atoms with Crippen molar-refractivity contribution in [3.63, 3.8) is 0 Å². The van der Waals surface area contributed by atoms with Crippen molar-refractivity contribution in [2.24, 2.45) is 0 Å². The summed E-state index contributed by atoms with van der Waals surface area (Å²) >= 11 is 0. The molecule has 8 heteroatoms. The molecule has 4 aromatic rings. The lowest BCUT2D eigenvalue weighted by Crippen LogP contribution is -2.56. The largest absolute Gasteiger partial charge is 0.328 e. The first-order chi connectivity index (χ1) is 19.0. The summed E-state index contributed by atoms with van der Waals surface area (Å²) in [5, 5.41) is 0. The van der Waals surface area contributed by atoms with Gasteiger partial charge >= 0.3 is 6.03 Å². The second-order valence-corrected chi connectivity index (χ2v) is 10.3. The zero-order valence-electron chi connectivity index (χ0n) is 21.6. The van der Waals surface area contributed by atoms with Crippen LogP contribution >= 0.6 is 0 Å². The fourth-order valence-electron chi connectivity index (χ4n) is 5.71. The molecule has 0 saturated carbocycles. The molecule has 3 amide bonds. The van der Waals surface area contributed by atoms with Crippen LogP contribution in [0.15, 0.2) is 97.6 Å². The van der Waals surface area contributed by atoms with Gasteiger partial charge < -0.3 is 9.47 Å². The smallest absolute Gasteiger partial charge is 0.306 e. The molecule has 2 saturated heterocycles. The first kappa shape index (κ1) is 25.0. The van der Waals surface area contributed by atoms with Crippen molar-refractivity contribution < 1.29 is 14.0 Å². The third-order valence-corrected chi connectivity index (χ3v) is 7.92. The average molecular weight is 524 g/mol. The molecule has 2 fully saturated rings. The van der Waals surface area contributed by atoms with Crippen LogP contribution in [0.1, 0.15) is 29.5 Å². The summed E-state index contributed by atoms with van der Waals surface area (Å²) in [5.41, 5.74) is 2.55. The molecule has 2 aliphatic heterocycles. The minimum atomic E-state index is -0.976. The molecule has 0 unspecified atom stereocenters. The monoisotopic (exact) mass is 523 g/mol. The van der Waals surface area contributed by atoms with Crippen molar-refractivity contribution in [2.45, 2.75) is 38.0 Å². The van der Waals surface area contributed by atoms with Gasteiger partial charge in [-0.1, -0.05) is 60.7 Å². The molecule has 0 bridgehead atoms. The summed E-state index contributed by atoms with van der Waals surface area (Å²) < 4.78 is 16.6. The molecule has 1 spiro atoms. The Kier molecular flexibility index (Phi) is 6.70. The molecule has 1 aromatic heterocycles. The van der Waals surface area contributed by atoms with Crippen LogP contribution in [-0.2, 0) is 24.4 Å². The van der Waals surface area contributed by atoms with E-state index in [1.807, 2.05) is 41.1 Å². The highest BCUT2D eigenvalue weighted by atomic mass is 19.1. The lowest BCUT2D eigenvalue weighted by atomic mass is 9.85. The predicted molar refractivity (Wildman–Crippen MR) is 145 cm³/mol. The lowest BCUT2D eigenvalue weighted by molar-refractivity contribution is -0.136. The first-order valence-corrected chi connectivity index (χ1v) is 13.2. The van der Waals surface area contributed by atoms with E-state index in [4.69, 9.17) is 0 Å². The number of carbonyl (C=O) groups is 2. The van der Waals surface area contributed by atoms with Gasteiger partial charge in [0, 0.05) is 43.3 Å². The first-order valence-electron chi connectivity index (χ1n) is 13.2. The van der Waals surface area contributed by atoms with Crippen molar-refractivity contribution in [1.29, 1.82) is 0 Å². The molecule has 198 valence electrons. The standard InChI is InChI=1S/C31H30FN5O2/c32-28-9-5-4-8-26(28)22-37-30(39)36(21-24-6-2-1-3-7-24)29(38)31(37)14-17-34(18-15-31)20-25-10-12-27(13-11-25)35-19-16-33-23-35/h1-13,16,19,23H,14-15,17-18,20-22H2. The lowest BCUT2D eigenvalue weighted by Gasteiger charge is -2.42. The van der Waals surface area contributed by atoms with E-state index in [0.29, 0.717) is 31.5 Å². The van der Waals surface area contributed by atoms with E-state index < -0.39 is 5.54 Å². The topological polar surface area (TPSA) is 61.7 Å². The molecule has 3 heterocycles. The molecular weight excluding hydrogens is 493 g/mol. The fourth-order valence-corrected chi connectivity index (χ4v) is 5.71. The second-order valence-electron chi connectivity index (χ2n) is 10.3. The quantitative estimate of drug-likeness (QED) is 0.320. The average Bonchev–Trinajstić information content (AvgIpc) is 3.57. The Morgan fingerprint density at radius 2 is 1.49 bits per heavy atom. The van der Waals surface area contributed by atoms with E-state index in [2.05, 4.69) is 34.1 Å². The Bertz CT molecular complexity index is 1450. The SMILES string of the molecule is O=C1N(Cc2ccccc2)C(=O)C2(CCN(Cc3ccc(-n4ccnc4)cc3)CC2)N1Cc1ccccc1F. The normalized spacial score (nSPS) is 17.4. The number of imide groups is 1. The summed E-state index contributed by atoms with van der Waals surface area (Å²) in [6.45, 7) is 2.35. The summed E-state index contributed by atoms with van der Waals surface area (Å²) in [6.07, 6.45) is 6.44. The van der Waals surface area contributed by atoms with Crippen molar-refractivity contribution in [1.82, 2.24) is 24.3 Å². The van der Waals surface area contributed by atoms with Gasteiger partial charge in [-0.25, -0.2) is 14.2 Å². The molecule has 6 rings (SSSR count). The van der Waals surface area contributed by atoms with Crippen molar-refractivity contribution in [3.05, 3.63) is 120 Å². The van der Waals surface area contributed by atoms with Gasteiger partial charge in [-0.15, -0.1) is 0 Å². The number of aromatic nitrogens is 2. The van der Waals surface area contributed by atoms with Crippen LogP contribution < -0.4 is 0 Å². The summed E-state index contributed by atoms with van der Waals surface area (Å²) in [4.78, 5) is 37.0. The van der Waals surface area contributed by atoms with Crippen LogP contribution in [0, 0.1) is 5.82 Å². The highest BCUT2D eigenvalue weighted by molar-refractivity contribution is 6.07. The zero-order valence-corrected chi connectivity index (χ0v) is 21.6. The number of hydrogen-bond acceptors (Lipinski definition) is 4. The van der Waals surface area contributed by atoms with Crippen LogP contribution in [0.3, 0.4) is 0 Å². The van der Waals surface area contributed by atoms with E-state index in [9.17, 15) is 14.0 Å². The molecular formula is C31H30FN5O2. The van der Waals surface area contributed by atoms with E-state index >= 15 is 0 Å². The van der Waals surface area contributed by atoms with Crippen LogP contribution in [0.5, 0.6) is 0 Å². The van der Waals surface area contributed by atoms with Gasteiger partial charge in [-0.2, -0.15) is 0 Å². The number of halogens is 1. The second kappa shape index (κ2) is 10.5. The minimum absolute atomic E-state index is 0.0677. The zero-order chi connectivity index (χ0) is 26.8. The third-order valence-electron chi connectivity index (χ3n) is 7.92. The van der Waals surface area contributed by atoms with Crippen LogP contribution in [0.2, 0.25) is 0 Å². The molecule has 39 heavy (non-hydrogen) atoms. The van der Waals surface area contributed by atoms with Crippen molar-refractivity contribution in [2.75, 3.05) is 13.1 Å². The fraction of sp³-hybridized carbons (Fsp3) is 0.258. The van der Waals surface area contributed by atoms with E-state index in [-0.39, 0.29) is 30.8 Å². The maximum Gasteiger partial charge on any atom is 0.328 e. The number of amides is 3. The number of urea groups is 1. The molecule has 0 atom stereocenters. The summed E-state index contributed by atoms with van der Waals surface area (Å²) in [5.74, 6) is -0.553. The molecule has 3 aromatic carbocycles. The summed E-state index contributed by atoms with van der Waals surface area (Å²) in [7, 11) is 0. The third kappa shape index (κ3) is 4.83. The Labute approximate surface area is 227 Å². The summed E-state index contributed by atoms with van der Waals surface area (Å²) in [6, 6.07) is 24.0. The Morgan fingerprint density at radius 1 is 0.795 bits per heavy atom. The van der Waals surface area contributed by atoms with Crippen LogP contribution in [0.25, 0.3) is 5.69 Å². The van der Waals surface area contributed by atoms with Gasteiger partial charge in [0.1, 0.15) is 11.4 Å². The van der Waals surface area contributed by atoms with Crippen molar-refractivity contribution in [3.8, 4) is 5.69 Å². The molecule has 2 aliphatic rings. The Hall–Kier alpha value is -4.30. The van der Waals surface area contributed by atoms with Gasteiger partial charge in [0.25, 0.3) is 5.91 Å². The number of hydrogen-bond donors (Lipinski definition) is 0. The van der Waals surface area contributed by atoms with Gasteiger partial charge in [0.15, 0.2) is 0 Å². The maximum atomic E-state index is 14.6. The minimum Gasteiger partial charge on any atom is -0.306 e. The van der Waals surface area contributed by atoms with Gasteiger partial charge in [-0.3, -0.25) is 14.6 Å². The number of likely N-dealkylation sites (tertiary alicyclic amines) is 1. The molecule has 7 nitrogen and oxygen atoms in total. The Balaban J connectivity index is 1.21. The highest BCUT2D eigenvalue weighted by Crippen LogP contribution is 2.39. The van der Waals surface area contributed by atoms with Crippen molar-refractivity contribution >= 4 is 11.9 Å². The molecule has 0 radical (unpaired) electrons. The van der Waals surface area contributed by atoms with Gasteiger partial charge in [-0.05, 0) is 42.2 Å². The number of rotatable bonds is 7. The Morgan fingerprint density at radius 3 is 2.18 bits per heavy atom. The molecule has 0 N–H and O–H groups in total. The van der Waals surface area contributed by atoms with E-state index in [0.717, 1.165) is 17.8 Å². The van der Waals surface area contributed by atoms with E-state index in [1.165, 1.54) is 16.5 Å².